The third-order valence-corrected chi connectivity index (χ3v) is 19.9. The fourth-order valence-electron chi connectivity index (χ4n) is 15.3. The minimum Gasteiger partial charge on any atom is -0.311 e. The molecule has 13 aromatic carbocycles. The summed E-state index contributed by atoms with van der Waals surface area (Å²) < 4.78 is 4.85. The third kappa shape index (κ3) is 9.14. The fraction of sp³-hybridized carbons (Fsp3) is 0.0909. The fourth-order valence-corrected chi connectivity index (χ4v) is 15.3. The van der Waals surface area contributed by atoms with E-state index < -0.39 is 0 Å². The molecule has 0 unspecified atom stereocenters. The number of aromatic nitrogens is 2. The Morgan fingerprint density at radius 1 is 0.305 bits per heavy atom. The van der Waals surface area contributed by atoms with E-state index in [1.165, 1.54) is 21.9 Å². The van der Waals surface area contributed by atoms with Crippen molar-refractivity contribution in [3.63, 3.8) is 0 Å². The molecule has 17 rings (SSSR count). The number of para-hydroxylation sites is 4. The molecule has 2 aliphatic rings. The summed E-state index contributed by atoms with van der Waals surface area (Å²) in [5.41, 5.74) is 27.7. The first-order chi connectivity index (χ1) is 46.3. The van der Waals surface area contributed by atoms with Crippen molar-refractivity contribution in [1.29, 1.82) is 10.5 Å². The first-order valence-electron chi connectivity index (χ1n) is 32.8. The van der Waals surface area contributed by atoms with Crippen molar-refractivity contribution in [3.05, 3.63) is 307 Å². The molecule has 0 amide bonds. The van der Waals surface area contributed by atoms with Crippen molar-refractivity contribution in [2.45, 2.75) is 52.4 Å². The average molecular weight is 1220 g/mol. The monoisotopic (exact) mass is 1220 g/mol. The molecule has 4 heterocycles. The van der Waals surface area contributed by atoms with E-state index in [2.05, 4.69) is 333 Å². The van der Waals surface area contributed by atoms with Crippen molar-refractivity contribution < 1.29 is 0 Å². The summed E-state index contributed by atoms with van der Waals surface area (Å²) in [5.74, 6) is 0. The Labute approximate surface area is 554 Å². The molecule has 0 N–H and O–H groups in total. The van der Waals surface area contributed by atoms with Gasteiger partial charge in [0, 0.05) is 66.7 Å². The van der Waals surface area contributed by atoms with Crippen molar-refractivity contribution in [1.82, 2.24) is 9.13 Å². The number of anilines is 6. The molecule has 0 aliphatic carbocycles. The zero-order valence-electron chi connectivity index (χ0n) is 53.9. The number of hydrogen-bond donors (Lipinski definition) is 0. The van der Waals surface area contributed by atoms with Gasteiger partial charge in [0.1, 0.15) is 0 Å². The molecular formula is C88H65BN6. The van der Waals surface area contributed by atoms with Crippen LogP contribution in [0.15, 0.2) is 285 Å². The second-order valence-electron chi connectivity index (χ2n) is 27.5. The molecule has 0 saturated heterocycles. The van der Waals surface area contributed by atoms with E-state index in [1.54, 1.807) is 0 Å². The van der Waals surface area contributed by atoms with Crippen LogP contribution in [0.5, 0.6) is 0 Å². The highest BCUT2D eigenvalue weighted by Gasteiger charge is 2.45. The van der Waals surface area contributed by atoms with Crippen molar-refractivity contribution in [3.8, 4) is 68.0 Å². The summed E-state index contributed by atoms with van der Waals surface area (Å²) >= 11 is 0. The second-order valence-corrected chi connectivity index (χ2v) is 27.5. The minimum atomic E-state index is -0.294. The lowest BCUT2D eigenvalue weighted by molar-refractivity contribution is 0.590. The van der Waals surface area contributed by atoms with Gasteiger partial charge >= 0.3 is 0 Å². The SMILES string of the molecule is CC(C)(C)c1ccc2c(c1)c1cc(C(C)(C)C)ccc1n2-c1ccc2c(c1)N(c1ccccc1-c1ccccc1)c1cc(-c3ccccc3C#N)cc3c1B2c1ccc(-c2cc(C#N)ccc2-n2c4ccccc4c4ccccc42)cc1N3c1ccccc1-c1ccccc1. The lowest BCUT2D eigenvalue weighted by Gasteiger charge is -2.45. The van der Waals surface area contributed by atoms with E-state index in [1.807, 2.05) is 24.3 Å². The van der Waals surface area contributed by atoms with Gasteiger partial charge in [-0.3, -0.25) is 0 Å². The molecule has 2 aromatic heterocycles. The first kappa shape index (κ1) is 57.0. The van der Waals surface area contributed by atoms with Gasteiger partial charge in [0.15, 0.2) is 0 Å². The molecule has 0 fully saturated rings. The molecule has 0 bridgehead atoms. The van der Waals surface area contributed by atoms with Crippen molar-refractivity contribution in [2.24, 2.45) is 0 Å². The van der Waals surface area contributed by atoms with E-state index in [9.17, 15) is 10.5 Å². The van der Waals surface area contributed by atoms with Gasteiger partial charge in [0.2, 0.25) is 0 Å². The van der Waals surface area contributed by atoms with Crippen LogP contribution in [0, 0.1) is 22.7 Å². The van der Waals surface area contributed by atoms with Gasteiger partial charge in [-0.05, 0) is 169 Å². The molecule has 0 spiro atoms. The Morgan fingerprint density at radius 2 is 0.779 bits per heavy atom. The lowest BCUT2D eigenvalue weighted by Crippen LogP contribution is -2.61. The summed E-state index contributed by atoms with van der Waals surface area (Å²) in [6.07, 6.45) is 0. The molecule has 2 aliphatic heterocycles. The number of hydrogen-bond acceptors (Lipinski definition) is 4. The Hall–Kier alpha value is -11.9. The number of rotatable bonds is 8. The van der Waals surface area contributed by atoms with Crippen LogP contribution in [0.25, 0.3) is 99.5 Å². The number of benzene rings is 13. The van der Waals surface area contributed by atoms with Gasteiger partial charge in [0.05, 0.1) is 62.4 Å². The highest BCUT2D eigenvalue weighted by molar-refractivity contribution is 7.00. The quantitative estimate of drug-likeness (QED) is 0.142. The molecule has 450 valence electrons. The van der Waals surface area contributed by atoms with Crippen LogP contribution in [0.1, 0.15) is 63.8 Å². The van der Waals surface area contributed by atoms with Crippen molar-refractivity contribution >= 4 is 101 Å². The number of fused-ring (bicyclic) bond motifs is 10. The van der Waals surface area contributed by atoms with Gasteiger partial charge in [-0.1, -0.05) is 224 Å². The maximum atomic E-state index is 11.1. The predicted molar refractivity (Wildman–Crippen MR) is 398 cm³/mol. The smallest absolute Gasteiger partial charge is 0.252 e. The summed E-state index contributed by atoms with van der Waals surface area (Å²) in [6.45, 7) is 13.5. The number of nitrogens with zero attached hydrogens (tertiary/aromatic N) is 6. The Kier molecular flexibility index (Phi) is 13.1. The minimum absolute atomic E-state index is 0.0624. The highest BCUT2D eigenvalue weighted by Crippen LogP contribution is 2.52. The van der Waals surface area contributed by atoms with Crippen LogP contribution in [0.3, 0.4) is 0 Å². The summed E-state index contributed by atoms with van der Waals surface area (Å²) in [7, 11) is 0. The van der Waals surface area contributed by atoms with Gasteiger partial charge in [0.25, 0.3) is 6.71 Å². The maximum Gasteiger partial charge on any atom is 0.252 e. The zero-order valence-corrected chi connectivity index (χ0v) is 53.9. The second kappa shape index (κ2) is 21.9. The van der Waals surface area contributed by atoms with E-state index in [0.29, 0.717) is 11.1 Å². The molecule has 6 nitrogen and oxygen atoms in total. The summed E-state index contributed by atoms with van der Waals surface area (Å²) in [5, 5.41) is 26.7. The van der Waals surface area contributed by atoms with Crippen LogP contribution < -0.4 is 26.2 Å². The van der Waals surface area contributed by atoms with Gasteiger partial charge in [-0.2, -0.15) is 10.5 Å². The Bertz CT molecular complexity index is 5620. The molecule has 0 radical (unpaired) electrons. The molecule has 15 aromatic rings. The van der Waals surface area contributed by atoms with E-state index in [-0.39, 0.29) is 17.5 Å². The van der Waals surface area contributed by atoms with E-state index >= 15 is 0 Å². The molecule has 0 atom stereocenters. The van der Waals surface area contributed by atoms with Gasteiger partial charge in [-0.25, -0.2) is 0 Å². The number of nitriles is 2. The average Bonchev–Trinajstić information content (AvgIpc) is 1.34. The van der Waals surface area contributed by atoms with Crippen LogP contribution in [-0.2, 0) is 10.8 Å². The van der Waals surface area contributed by atoms with Crippen LogP contribution in [0.2, 0.25) is 0 Å². The first-order valence-corrected chi connectivity index (χ1v) is 32.8. The molecular weight excluding hydrogens is 1150 g/mol. The normalized spacial score (nSPS) is 12.7. The predicted octanol–water partition coefficient (Wildman–Crippen LogP) is 21.0. The standard InChI is InChI=1S/C88H65BN6/c1-87(2,3)62-39-45-80-71(51-62)72-52-63(88(4,5)6)40-46-81(72)92(80)64-41-43-74-83(53-64)95(76-34-20-16-30-67(76)58-25-11-8-12-26-58)85-50-61(65-28-14-13-27-60(65)55-91)49-84-86(85)89(74)73-42-38-59(48-82(73)94(84)75-33-19-15-29-66(75)57-23-9-7-10-24-57)70-47-56(54-90)37-44-79(70)93-77-35-21-17-31-68(77)69-32-18-22-36-78(69)93/h7-53H,1-6H3. The summed E-state index contributed by atoms with van der Waals surface area (Å²) in [6, 6.07) is 109. The lowest BCUT2D eigenvalue weighted by atomic mass is 9.33. The van der Waals surface area contributed by atoms with E-state index in [0.717, 1.165) is 139 Å². The largest absolute Gasteiger partial charge is 0.311 e. The topological polar surface area (TPSA) is 63.9 Å². The third-order valence-electron chi connectivity index (χ3n) is 19.9. The highest BCUT2D eigenvalue weighted by atomic mass is 15.2. The summed E-state index contributed by atoms with van der Waals surface area (Å²) in [4.78, 5) is 5.03. The van der Waals surface area contributed by atoms with Gasteiger partial charge < -0.3 is 18.9 Å². The molecule has 95 heavy (non-hydrogen) atoms. The van der Waals surface area contributed by atoms with Crippen LogP contribution in [0.4, 0.5) is 34.1 Å². The van der Waals surface area contributed by atoms with Crippen molar-refractivity contribution in [2.75, 3.05) is 9.80 Å². The Balaban J connectivity index is 1.00. The van der Waals surface area contributed by atoms with Crippen LogP contribution >= 0.6 is 0 Å². The van der Waals surface area contributed by atoms with Gasteiger partial charge in [-0.15, -0.1) is 0 Å². The van der Waals surface area contributed by atoms with E-state index in [4.69, 9.17) is 0 Å². The van der Waals surface area contributed by atoms with Crippen LogP contribution in [-0.4, -0.2) is 15.8 Å². The molecule has 7 heteroatoms. The maximum absolute atomic E-state index is 11.1. The Morgan fingerprint density at radius 3 is 1.33 bits per heavy atom. The zero-order chi connectivity index (χ0) is 64.4. The molecule has 0 saturated carbocycles.